The Labute approximate surface area is 127 Å². The third-order valence-corrected chi connectivity index (χ3v) is 4.71. The molecule has 0 bridgehead atoms. The first kappa shape index (κ1) is 15.1. The third kappa shape index (κ3) is 3.18. The van der Waals surface area contributed by atoms with Crippen LogP contribution in [0.2, 0.25) is 0 Å². The topological polar surface area (TPSA) is 112 Å². The maximum absolute atomic E-state index is 12.1. The van der Waals surface area contributed by atoms with E-state index in [1.54, 1.807) is 4.68 Å². The van der Waals surface area contributed by atoms with Gasteiger partial charge in [-0.3, -0.25) is 4.68 Å². The van der Waals surface area contributed by atoms with Gasteiger partial charge in [-0.2, -0.15) is 10.1 Å². The number of rotatable bonds is 6. The first-order valence-corrected chi connectivity index (χ1v) is 8.53. The van der Waals surface area contributed by atoms with E-state index < -0.39 is 10.0 Å². The highest BCUT2D eigenvalue weighted by Gasteiger charge is 2.24. The smallest absolute Gasteiger partial charge is 0.255 e. The summed E-state index contributed by atoms with van der Waals surface area (Å²) in [5.74, 6) is 0.669. The Balaban J connectivity index is 1.64. The van der Waals surface area contributed by atoms with Crippen molar-refractivity contribution in [1.82, 2.24) is 24.6 Å². The number of aryl methyl sites for hydroxylation is 1. The van der Waals surface area contributed by atoms with E-state index in [2.05, 4.69) is 20.0 Å². The average Bonchev–Trinajstić information content (AvgIpc) is 3.24. The summed E-state index contributed by atoms with van der Waals surface area (Å²) in [6.45, 7) is 3.11. The molecule has 0 aliphatic carbocycles. The molecule has 0 saturated carbocycles. The predicted octanol–water partition coefficient (Wildman–Crippen LogP) is 0.616. The van der Waals surface area contributed by atoms with Crippen LogP contribution in [-0.2, 0) is 27.8 Å². The molecule has 2 aromatic rings. The second-order valence-electron chi connectivity index (χ2n) is 4.91. The molecule has 1 atom stereocenters. The molecule has 120 valence electrons. The molecule has 3 rings (SSSR count). The maximum atomic E-state index is 12.1. The standard InChI is InChI=1S/C12H17N5O4S/c1-2-17-8-9(6-13-17)22(18,19)14-7-11-15-12(21-16-11)10-4-3-5-20-10/h6,8,10,14H,2-5,7H2,1H3/t10-/m1/s1. The summed E-state index contributed by atoms with van der Waals surface area (Å²) >= 11 is 0. The van der Waals surface area contributed by atoms with Gasteiger partial charge in [0.1, 0.15) is 11.0 Å². The van der Waals surface area contributed by atoms with Crippen molar-refractivity contribution in [3.8, 4) is 0 Å². The summed E-state index contributed by atoms with van der Waals surface area (Å²) in [5, 5.41) is 7.71. The molecular formula is C12H17N5O4S. The van der Waals surface area contributed by atoms with Crippen LogP contribution in [0.3, 0.4) is 0 Å². The van der Waals surface area contributed by atoms with Crippen LogP contribution >= 0.6 is 0 Å². The van der Waals surface area contributed by atoms with E-state index in [1.165, 1.54) is 12.4 Å². The Morgan fingerprint density at radius 1 is 1.50 bits per heavy atom. The Kier molecular flexibility index (Phi) is 4.23. The molecule has 1 aliphatic heterocycles. The average molecular weight is 327 g/mol. The van der Waals surface area contributed by atoms with Crippen molar-refractivity contribution in [2.45, 2.75) is 43.9 Å². The van der Waals surface area contributed by atoms with Crippen molar-refractivity contribution in [3.63, 3.8) is 0 Å². The van der Waals surface area contributed by atoms with E-state index >= 15 is 0 Å². The van der Waals surface area contributed by atoms with Crippen LogP contribution < -0.4 is 4.72 Å². The molecule has 22 heavy (non-hydrogen) atoms. The molecule has 0 amide bonds. The van der Waals surface area contributed by atoms with Gasteiger partial charge in [-0.25, -0.2) is 13.1 Å². The maximum Gasteiger partial charge on any atom is 0.255 e. The Morgan fingerprint density at radius 2 is 2.36 bits per heavy atom. The van der Waals surface area contributed by atoms with Crippen LogP contribution in [0.25, 0.3) is 0 Å². The largest absolute Gasteiger partial charge is 0.368 e. The molecular weight excluding hydrogens is 310 g/mol. The fourth-order valence-corrected chi connectivity index (χ4v) is 3.07. The van der Waals surface area contributed by atoms with E-state index in [0.29, 0.717) is 19.0 Å². The molecule has 1 fully saturated rings. The van der Waals surface area contributed by atoms with Gasteiger partial charge in [0.25, 0.3) is 5.89 Å². The number of hydrogen-bond donors (Lipinski definition) is 1. The van der Waals surface area contributed by atoms with Gasteiger partial charge in [-0.15, -0.1) is 0 Å². The first-order chi connectivity index (χ1) is 10.6. The molecule has 0 aromatic carbocycles. The van der Waals surface area contributed by atoms with Crippen molar-refractivity contribution in [1.29, 1.82) is 0 Å². The van der Waals surface area contributed by atoms with Crippen LogP contribution in [0, 0.1) is 0 Å². The van der Waals surface area contributed by atoms with E-state index in [9.17, 15) is 8.42 Å². The van der Waals surface area contributed by atoms with Crippen molar-refractivity contribution >= 4 is 10.0 Å². The minimum Gasteiger partial charge on any atom is -0.368 e. The van der Waals surface area contributed by atoms with E-state index in [4.69, 9.17) is 9.26 Å². The molecule has 1 saturated heterocycles. The van der Waals surface area contributed by atoms with Crippen molar-refractivity contribution in [3.05, 3.63) is 24.1 Å². The zero-order valence-electron chi connectivity index (χ0n) is 12.1. The van der Waals surface area contributed by atoms with Crippen LogP contribution in [0.4, 0.5) is 0 Å². The molecule has 3 heterocycles. The zero-order valence-corrected chi connectivity index (χ0v) is 12.9. The quantitative estimate of drug-likeness (QED) is 0.827. The predicted molar refractivity (Wildman–Crippen MR) is 74.2 cm³/mol. The molecule has 0 radical (unpaired) electrons. The highest BCUT2D eigenvalue weighted by molar-refractivity contribution is 7.89. The van der Waals surface area contributed by atoms with Gasteiger partial charge in [-0.1, -0.05) is 5.16 Å². The van der Waals surface area contributed by atoms with E-state index in [-0.39, 0.29) is 23.4 Å². The molecule has 1 aliphatic rings. The monoisotopic (exact) mass is 327 g/mol. The number of nitrogens with one attached hydrogen (secondary N) is 1. The molecule has 1 N–H and O–H groups in total. The number of sulfonamides is 1. The van der Waals surface area contributed by atoms with Crippen molar-refractivity contribution in [2.24, 2.45) is 0 Å². The van der Waals surface area contributed by atoms with Crippen LogP contribution in [0.1, 0.15) is 37.6 Å². The van der Waals surface area contributed by atoms with Crippen molar-refractivity contribution in [2.75, 3.05) is 6.61 Å². The van der Waals surface area contributed by atoms with Crippen molar-refractivity contribution < 1.29 is 17.7 Å². The summed E-state index contributed by atoms with van der Waals surface area (Å²) in [6.07, 6.45) is 4.39. The fourth-order valence-electron chi connectivity index (χ4n) is 2.14. The fraction of sp³-hybridized carbons (Fsp3) is 0.583. The summed E-state index contributed by atoms with van der Waals surface area (Å²) in [6, 6.07) is 0. The van der Waals surface area contributed by atoms with Crippen LogP contribution in [0.5, 0.6) is 0 Å². The highest BCUT2D eigenvalue weighted by Crippen LogP contribution is 2.26. The Hall–Kier alpha value is -1.78. The lowest BCUT2D eigenvalue weighted by Crippen LogP contribution is -2.23. The number of hydrogen-bond acceptors (Lipinski definition) is 7. The second kappa shape index (κ2) is 6.15. The lowest BCUT2D eigenvalue weighted by molar-refractivity contribution is 0.0835. The minimum absolute atomic E-state index is 0.0458. The van der Waals surface area contributed by atoms with Crippen LogP contribution in [-0.4, -0.2) is 34.9 Å². The zero-order chi connectivity index (χ0) is 15.6. The second-order valence-corrected chi connectivity index (χ2v) is 6.67. The highest BCUT2D eigenvalue weighted by atomic mass is 32.2. The molecule has 9 nitrogen and oxygen atoms in total. The molecule has 0 spiro atoms. The summed E-state index contributed by atoms with van der Waals surface area (Å²) in [4.78, 5) is 4.27. The first-order valence-electron chi connectivity index (χ1n) is 7.04. The lowest BCUT2D eigenvalue weighted by Gasteiger charge is -2.02. The molecule has 10 heteroatoms. The Bertz CT molecular complexity index is 732. The van der Waals surface area contributed by atoms with E-state index in [0.717, 1.165) is 12.8 Å². The summed E-state index contributed by atoms with van der Waals surface area (Å²) < 4.78 is 38.8. The SMILES string of the molecule is CCn1cc(S(=O)(=O)NCc2noc([C@H]3CCCO3)n2)cn1. The van der Waals surface area contributed by atoms with Gasteiger partial charge in [0.2, 0.25) is 10.0 Å². The van der Waals surface area contributed by atoms with Gasteiger partial charge in [0.05, 0.1) is 12.7 Å². The van der Waals surface area contributed by atoms with Gasteiger partial charge < -0.3 is 9.26 Å². The summed E-state index contributed by atoms with van der Waals surface area (Å²) in [7, 11) is -3.64. The van der Waals surface area contributed by atoms with Gasteiger partial charge in [-0.05, 0) is 19.8 Å². The molecule has 0 unspecified atom stereocenters. The van der Waals surface area contributed by atoms with Gasteiger partial charge in [0, 0.05) is 19.3 Å². The summed E-state index contributed by atoms with van der Waals surface area (Å²) in [5.41, 5.74) is 0. The van der Waals surface area contributed by atoms with E-state index in [1.807, 2.05) is 6.92 Å². The number of ether oxygens (including phenoxy) is 1. The Morgan fingerprint density at radius 3 is 3.05 bits per heavy atom. The van der Waals surface area contributed by atoms with Gasteiger partial charge in [0.15, 0.2) is 5.82 Å². The lowest BCUT2D eigenvalue weighted by atomic mass is 10.2. The third-order valence-electron chi connectivity index (χ3n) is 3.35. The molecule has 2 aromatic heterocycles. The van der Waals surface area contributed by atoms with Crippen LogP contribution in [0.15, 0.2) is 21.8 Å². The minimum atomic E-state index is -3.64. The number of aromatic nitrogens is 4. The number of nitrogens with zero attached hydrogens (tertiary/aromatic N) is 4. The normalized spacial score (nSPS) is 18.9. The van der Waals surface area contributed by atoms with Gasteiger partial charge >= 0.3 is 0 Å².